The summed E-state index contributed by atoms with van der Waals surface area (Å²) in [4.78, 5) is 18.7. The van der Waals surface area contributed by atoms with E-state index in [0.717, 1.165) is 16.7 Å². The van der Waals surface area contributed by atoms with E-state index < -0.39 is 5.60 Å². The number of hydrogen-bond acceptors (Lipinski definition) is 5. The van der Waals surface area contributed by atoms with Gasteiger partial charge in [-0.2, -0.15) is 15.4 Å². The lowest BCUT2D eigenvalue weighted by Crippen LogP contribution is -2.34. The van der Waals surface area contributed by atoms with Crippen molar-refractivity contribution in [3.05, 3.63) is 65.7 Å². The average Bonchev–Trinajstić information content (AvgIpc) is 3.32. The van der Waals surface area contributed by atoms with Gasteiger partial charge in [-0.1, -0.05) is 29.8 Å². The molecule has 3 heterocycles. The quantitative estimate of drug-likeness (QED) is 0.753. The van der Waals surface area contributed by atoms with Crippen molar-refractivity contribution >= 4 is 5.91 Å². The highest BCUT2D eigenvalue weighted by atomic mass is 16.3. The number of rotatable bonds is 3. The first kappa shape index (κ1) is 16.4. The van der Waals surface area contributed by atoms with Gasteiger partial charge in [0.05, 0.1) is 18.3 Å². The third-order valence-corrected chi connectivity index (χ3v) is 4.76. The van der Waals surface area contributed by atoms with Crippen LogP contribution < -0.4 is 0 Å². The van der Waals surface area contributed by atoms with Gasteiger partial charge in [0, 0.05) is 30.9 Å². The van der Waals surface area contributed by atoms with E-state index in [4.69, 9.17) is 0 Å². The van der Waals surface area contributed by atoms with Gasteiger partial charge in [0.2, 0.25) is 0 Å². The fraction of sp³-hybridized carbons (Fsp3) is 0.263. The number of aryl methyl sites for hydroxylation is 1. The molecule has 0 radical (unpaired) electrons. The molecule has 132 valence electrons. The SMILES string of the molecule is Cc1cccc(-c2cncc(C(=O)N3CCC(O)(c4cn[nH]n4)C3)c2)c1. The van der Waals surface area contributed by atoms with Crippen LogP contribution in [0.5, 0.6) is 0 Å². The molecular formula is C19H19N5O2. The normalized spacial score (nSPS) is 19.7. The van der Waals surface area contributed by atoms with Gasteiger partial charge in [-0.05, 0) is 18.6 Å². The van der Waals surface area contributed by atoms with Crippen molar-refractivity contribution in [2.45, 2.75) is 18.9 Å². The number of aromatic nitrogens is 4. The van der Waals surface area contributed by atoms with E-state index >= 15 is 0 Å². The van der Waals surface area contributed by atoms with Crippen molar-refractivity contribution in [1.82, 2.24) is 25.3 Å². The second-order valence-electron chi connectivity index (χ2n) is 6.70. The van der Waals surface area contributed by atoms with Crippen molar-refractivity contribution in [3.8, 4) is 11.1 Å². The molecule has 2 N–H and O–H groups in total. The molecule has 3 aromatic rings. The number of likely N-dealkylation sites (tertiary alicyclic amines) is 1. The Morgan fingerprint density at radius 3 is 2.88 bits per heavy atom. The Hall–Kier alpha value is -3.06. The minimum atomic E-state index is -1.16. The maximum Gasteiger partial charge on any atom is 0.255 e. The highest BCUT2D eigenvalue weighted by Crippen LogP contribution is 2.31. The van der Waals surface area contributed by atoms with E-state index in [1.807, 2.05) is 31.2 Å². The van der Waals surface area contributed by atoms with Crippen LogP contribution in [0.3, 0.4) is 0 Å². The van der Waals surface area contributed by atoms with Crippen LogP contribution in [-0.4, -0.2) is 49.4 Å². The molecule has 1 aliphatic heterocycles. The van der Waals surface area contributed by atoms with Gasteiger partial charge in [-0.15, -0.1) is 0 Å². The number of amides is 1. The number of pyridine rings is 1. The summed E-state index contributed by atoms with van der Waals surface area (Å²) in [5, 5.41) is 21.0. The number of aromatic amines is 1. The van der Waals surface area contributed by atoms with Crippen molar-refractivity contribution in [2.75, 3.05) is 13.1 Å². The molecule has 7 heteroatoms. The van der Waals surface area contributed by atoms with Crippen molar-refractivity contribution in [1.29, 1.82) is 0 Å². The predicted octanol–water partition coefficient (Wildman–Crippen LogP) is 1.91. The van der Waals surface area contributed by atoms with Crippen LogP contribution in [0.25, 0.3) is 11.1 Å². The van der Waals surface area contributed by atoms with Crippen LogP contribution in [-0.2, 0) is 5.60 Å². The number of carbonyl (C=O) groups is 1. The van der Waals surface area contributed by atoms with Crippen LogP contribution in [0.15, 0.2) is 48.9 Å². The van der Waals surface area contributed by atoms with E-state index in [2.05, 4.69) is 26.5 Å². The molecule has 0 aliphatic carbocycles. The van der Waals surface area contributed by atoms with E-state index in [1.54, 1.807) is 17.3 Å². The second-order valence-corrected chi connectivity index (χ2v) is 6.70. The number of nitrogens with zero attached hydrogens (tertiary/aromatic N) is 4. The molecule has 7 nitrogen and oxygen atoms in total. The Morgan fingerprint density at radius 1 is 1.23 bits per heavy atom. The summed E-state index contributed by atoms with van der Waals surface area (Å²) in [5.74, 6) is -0.147. The smallest absolute Gasteiger partial charge is 0.255 e. The summed E-state index contributed by atoms with van der Waals surface area (Å²) >= 11 is 0. The van der Waals surface area contributed by atoms with Gasteiger partial charge in [0.1, 0.15) is 11.3 Å². The van der Waals surface area contributed by atoms with E-state index in [1.165, 1.54) is 6.20 Å². The van der Waals surface area contributed by atoms with Gasteiger partial charge >= 0.3 is 0 Å². The van der Waals surface area contributed by atoms with Gasteiger partial charge < -0.3 is 10.0 Å². The average molecular weight is 349 g/mol. The first-order valence-corrected chi connectivity index (χ1v) is 8.45. The fourth-order valence-corrected chi connectivity index (χ4v) is 3.32. The largest absolute Gasteiger partial charge is 0.381 e. The van der Waals surface area contributed by atoms with Gasteiger partial charge in [0.15, 0.2) is 0 Å². The monoisotopic (exact) mass is 349 g/mol. The summed E-state index contributed by atoms with van der Waals surface area (Å²) < 4.78 is 0. The number of H-pyrrole nitrogens is 1. The Morgan fingerprint density at radius 2 is 2.12 bits per heavy atom. The standard InChI is InChI=1S/C19H19N5O2/c1-13-3-2-4-14(7-13)15-8-16(10-20-9-15)18(25)24-6-5-19(26,12-24)17-11-21-23-22-17/h2-4,7-11,26H,5-6,12H2,1H3,(H,21,22,23). The van der Waals surface area contributed by atoms with Crippen molar-refractivity contribution < 1.29 is 9.90 Å². The van der Waals surface area contributed by atoms with Crippen LogP contribution in [0.2, 0.25) is 0 Å². The molecular weight excluding hydrogens is 330 g/mol. The first-order chi connectivity index (χ1) is 12.5. The topological polar surface area (TPSA) is 95.0 Å². The molecule has 1 unspecified atom stereocenters. The Balaban J connectivity index is 1.57. The highest BCUT2D eigenvalue weighted by Gasteiger charge is 2.41. The maximum atomic E-state index is 12.9. The number of nitrogens with one attached hydrogen (secondary N) is 1. The molecule has 1 amide bonds. The zero-order valence-electron chi connectivity index (χ0n) is 14.4. The zero-order chi connectivity index (χ0) is 18.1. The second kappa shape index (κ2) is 6.34. The lowest BCUT2D eigenvalue weighted by atomic mass is 10.00. The molecule has 1 saturated heterocycles. The third kappa shape index (κ3) is 2.97. The molecule has 1 fully saturated rings. The van der Waals surface area contributed by atoms with E-state index in [-0.39, 0.29) is 12.5 Å². The zero-order valence-corrected chi connectivity index (χ0v) is 14.4. The fourth-order valence-electron chi connectivity index (χ4n) is 3.32. The van der Waals surface area contributed by atoms with Gasteiger partial charge in [0.25, 0.3) is 5.91 Å². The molecule has 4 rings (SSSR count). The Kier molecular flexibility index (Phi) is 4.00. The van der Waals surface area contributed by atoms with Crippen LogP contribution in [0.4, 0.5) is 0 Å². The van der Waals surface area contributed by atoms with Crippen molar-refractivity contribution in [3.63, 3.8) is 0 Å². The molecule has 0 bridgehead atoms. The summed E-state index contributed by atoms with van der Waals surface area (Å²) in [6.45, 7) is 2.67. The molecule has 26 heavy (non-hydrogen) atoms. The molecule has 1 aromatic carbocycles. The van der Waals surface area contributed by atoms with E-state index in [0.29, 0.717) is 24.2 Å². The number of β-amino-alcohol motifs (C(OH)–C–C–N with tert-alkyl or cyclic N) is 1. The van der Waals surface area contributed by atoms with Gasteiger partial charge in [-0.25, -0.2) is 0 Å². The first-order valence-electron chi connectivity index (χ1n) is 8.45. The summed E-state index contributed by atoms with van der Waals surface area (Å²) in [5.41, 5.74) is 2.87. The maximum absolute atomic E-state index is 12.9. The summed E-state index contributed by atoms with van der Waals surface area (Å²) in [6.07, 6.45) is 5.24. The number of aliphatic hydroxyl groups is 1. The Bertz CT molecular complexity index is 941. The van der Waals surface area contributed by atoms with E-state index in [9.17, 15) is 9.90 Å². The van der Waals surface area contributed by atoms with Crippen LogP contribution in [0, 0.1) is 6.92 Å². The molecule has 1 atom stereocenters. The number of hydrogen-bond donors (Lipinski definition) is 2. The van der Waals surface area contributed by atoms with Crippen LogP contribution in [0.1, 0.15) is 28.0 Å². The Labute approximate surface area is 150 Å². The summed E-state index contributed by atoms with van der Waals surface area (Å²) in [7, 11) is 0. The van der Waals surface area contributed by atoms with Crippen LogP contribution >= 0.6 is 0 Å². The summed E-state index contributed by atoms with van der Waals surface area (Å²) in [6, 6.07) is 9.91. The minimum absolute atomic E-state index is 0.147. The van der Waals surface area contributed by atoms with Gasteiger partial charge in [-0.3, -0.25) is 9.78 Å². The molecule has 0 spiro atoms. The molecule has 2 aromatic heterocycles. The minimum Gasteiger partial charge on any atom is -0.381 e. The van der Waals surface area contributed by atoms with Crippen molar-refractivity contribution in [2.24, 2.45) is 0 Å². The predicted molar refractivity (Wildman–Crippen MR) is 95.2 cm³/mol. The third-order valence-electron chi connectivity index (χ3n) is 4.76. The lowest BCUT2D eigenvalue weighted by Gasteiger charge is -2.21. The molecule has 0 saturated carbocycles. The lowest BCUT2D eigenvalue weighted by molar-refractivity contribution is 0.0382. The number of carbonyl (C=O) groups excluding carboxylic acids is 1. The number of benzene rings is 1. The highest BCUT2D eigenvalue weighted by molar-refractivity contribution is 5.95. The molecule has 1 aliphatic rings.